The van der Waals surface area contributed by atoms with Gasteiger partial charge in [-0.05, 0) is 90.3 Å². The molecule has 33 heavy (non-hydrogen) atoms. The van der Waals surface area contributed by atoms with Crippen LogP contribution < -0.4 is 10.1 Å². The fourth-order valence-corrected chi connectivity index (χ4v) is 4.04. The summed E-state index contributed by atoms with van der Waals surface area (Å²) in [5.74, 6) is 0.243. The van der Waals surface area contributed by atoms with Crippen LogP contribution in [-0.4, -0.2) is 34.2 Å². The van der Waals surface area contributed by atoms with Gasteiger partial charge in [-0.2, -0.15) is 0 Å². The van der Waals surface area contributed by atoms with Crippen molar-refractivity contribution in [1.29, 1.82) is 0 Å². The normalized spacial score (nSPS) is 14.9. The molecule has 8 heteroatoms. The molecule has 0 aliphatic carbocycles. The van der Waals surface area contributed by atoms with E-state index < -0.39 is 5.82 Å². The Morgan fingerprint density at radius 3 is 2.58 bits per heavy atom. The topological polar surface area (TPSA) is 80.5 Å². The summed E-state index contributed by atoms with van der Waals surface area (Å²) in [7, 11) is 0. The van der Waals surface area contributed by atoms with Crippen LogP contribution in [0.15, 0.2) is 71.4 Å². The molecule has 1 fully saturated rings. The fourth-order valence-electron chi connectivity index (χ4n) is 4.04. The Bertz CT molecular complexity index is 1250. The number of rotatable bonds is 6. The predicted molar refractivity (Wildman–Crippen MR) is 121 cm³/mol. The molecule has 7 nitrogen and oxygen atoms in total. The summed E-state index contributed by atoms with van der Waals surface area (Å²) in [6.45, 7) is 2.51. The Morgan fingerprint density at radius 2 is 1.79 bits per heavy atom. The molecule has 1 saturated heterocycles. The number of para-hydroxylation sites is 1. The van der Waals surface area contributed by atoms with Gasteiger partial charge in [-0.1, -0.05) is 18.2 Å². The van der Waals surface area contributed by atoms with Crippen LogP contribution in [0.1, 0.15) is 18.4 Å². The quantitative estimate of drug-likeness (QED) is 0.449. The van der Waals surface area contributed by atoms with Crippen molar-refractivity contribution in [2.24, 2.45) is 5.92 Å². The summed E-state index contributed by atoms with van der Waals surface area (Å²) in [6.07, 6.45) is 1.60. The van der Waals surface area contributed by atoms with Gasteiger partial charge >= 0.3 is 0 Å². The number of piperidine rings is 1. The summed E-state index contributed by atoms with van der Waals surface area (Å²) in [5.41, 5.74) is 3.35. The van der Waals surface area contributed by atoms with E-state index in [0.717, 1.165) is 49.1 Å². The minimum atomic E-state index is -0.420. The van der Waals surface area contributed by atoms with Gasteiger partial charge in [0.05, 0.1) is 0 Å². The number of nitrogens with zero attached hydrogens (tertiary/aromatic N) is 3. The number of anilines is 1. The van der Waals surface area contributed by atoms with E-state index in [1.54, 1.807) is 42.5 Å². The second-order valence-corrected chi connectivity index (χ2v) is 8.18. The standard InChI is InChI=1S/C25H23FN4O3/c26-21-3-1-2-4-24(21)32-20-8-6-19(7-9-20)27-25(31)18-11-13-30(14-12-18)16-17-5-10-22-23(15-17)29-33-28-22/h1-10,15,18H,11-14,16H2,(H,27,31). The summed E-state index contributed by atoms with van der Waals surface area (Å²) in [5, 5.41) is 10.7. The first-order chi connectivity index (χ1) is 16.1. The van der Waals surface area contributed by atoms with Gasteiger partial charge in [0.15, 0.2) is 11.6 Å². The number of carbonyl (C=O) groups excluding carboxylic acids is 1. The molecule has 4 aromatic rings. The number of hydrogen-bond acceptors (Lipinski definition) is 6. The van der Waals surface area contributed by atoms with Crippen molar-refractivity contribution in [3.05, 3.63) is 78.1 Å². The Labute approximate surface area is 190 Å². The van der Waals surface area contributed by atoms with Crippen LogP contribution in [0.4, 0.5) is 10.1 Å². The number of hydrogen-bond donors (Lipinski definition) is 1. The van der Waals surface area contributed by atoms with Gasteiger partial charge in [-0.3, -0.25) is 9.69 Å². The Balaban J connectivity index is 1.11. The Hall–Kier alpha value is -3.78. The zero-order valence-electron chi connectivity index (χ0n) is 17.9. The molecule has 3 aromatic carbocycles. The van der Waals surface area contributed by atoms with Crippen molar-refractivity contribution in [3.63, 3.8) is 0 Å². The third-order valence-electron chi connectivity index (χ3n) is 5.87. The maximum atomic E-state index is 13.7. The monoisotopic (exact) mass is 446 g/mol. The molecule has 1 aliphatic heterocycles. The van der Waals surface area contributed by atoms with E-state index in [4.69, 9.17) is 9.37 Å². The summed E-state index contributed by atoms with van der Waals surface area (Å²) >= 11 is 0. The molecule has 1 aromatic heterocycles. The number of aromatic nitrogens is 2. The lowest BCUT2D eigenvalue weighted by Gasteiger charge is -2.31. The number of fused-ring (bicyclic) bond motifs is 1. The summed E-state index contributed by atoms with van der Waals surface area (Å²) in [4.78, 5) is 15.1. The van der Waals surface area contributed by atoms with Gasteiger partial charge in [-0.15, -0.1) is 0 Å². The largest absolute Gasteiger partial charge is 0.454 e. The zero-order valence-corrected chi connectivity index (χ0v) is 17.9. The third-order valence-corrected chi connectivity index (χ3v) is 5.87. The maximum absolute atomic E-state index is 13.7. The molecule has 5 rings (SSSR count). The first kappa shape index (κ1) is 21.1. The molecule has 0 bridgehead atoms. The fraction of sp³-hybridized carbons (Fsp3) is 0.240. The predicted octanol–water partition coefficient (Wildman–Crippen LogP) is 5.00. The van der Waals surface area contributed by atoms with E-state index in [9.17, 15) is 9.18 Å². The molecule has 0 spiro atoms. The Kier molecular flexibility index (Phi) is 5.99. The van der Waals surface area contributed by atoms with Crippen LogP contribution >= 0.6 is 0 Å². The second kappa shape index (κ2) is 9.38. The summed E-state index contributed by atoms with van der Waals surface area (Å²) < 4.78 is 24.1. The average molecular weight is 446 g/mol. The van der Waals surface area contributed by atoms with Crippen LogP contribution in [-0.2, 0) is 11.3 Å². The molecular weight excluding hydrogens is 423 g/mol. The van der Waals surface area contributed by atoms with Gasteiger partial charge < -0.3 is 10.1 Å². The van der Waals surface area contributed by atoms with Crippen molar-refractivity contribution in [3.8, 4) is 11.5 Å². The number of amides is 1. The van der Waals surface area contributed by atoms with E-state index in [-0.39, 0.29) is 17.6 Å². The van der Waals surface area contributed by atoms with Gasteiger partial charge in [0.2, 0.25) is 5.91 Å². The van der Waals surface area contributed by atoms with E-state index in [1.165, 1.54) is 6.07 Å². The van der Waals surface area contributed by atoms with E-state index in [0.29, 0.717) is 11.4 Å². The molecule has 0 atom stereocenters. The number of likely N-dealkylation sites (tertiary alicyclic amines) is 1. The molecule has 1 N–H and O–H groups in total. The highest BCUT2D eigenvalue weighted by atomic mass is 19.1. The van der Waals surface area contributed by atoms with Crippen molar-refractivity contribution in [2.45, 2.75) is 19.4 Å². The van der Waals surface area contributed by atoms with Crippen LogP contribution in [0, 0.1) is 11.7 Å². The van der Waals surface area contributed by atoms with Crippen molar-refractivity contribution in [2.75, 3.05) is 18.4 Å². The lowest BCUT2D eigenvalue weighted by Crippen LogP contribution is -2.37. The minimum Gasteiger partial charge on any atom is -0.454 e. The number of halogens is 1. The highest BCUT2D eigenvalue weighted by molar-refractivity contribution is 5.92. The molecule has 0 radical (unpaired) electrons. The van der Waals surface area contributed by atoms with Gasteiger partial charge in [0.25, 0.3) is 0 Å². The summed E-state index contributed by atoms with van der Waals surface area (Å²) in [6, 6.07) is 19.1. The lowest BCUT2D eigenvalue weighted by atomic mass is 9.95. The molecule has 168 valence electrons. The smallest absolute Gasteiger partial charge is 0.227 e. The van der Waals surface area contributed by atoms with Gasteiger partial charge in [0.1, 0.15) is 16.8 Å². The molecule has 1 amide bonds. The molecular formula is C25H23FN4O3. The zero-order chi connectivity index (χ0) is 22.6. The second-order valence-electron chi connectivity index (χ2n) is 8.18. The molecule has 1 aliphatic rings. The Morgan fingerprint density at radius 1 is 1.03 bits per heavy atom. The van der Waals surface area contributed by atoms with Crippen molar-refractivity contribution in [1.82, 2.24) is 15.2 Å². The highest BCUT2D eigenvalue weighted by Gasteiger charge is 2.25. The third kappa shape index (κ3) is 5.01. The van der Waals surface area contributed by atoms with Gasteiger partial charge in [0, 0.05) is 18.2 Å². The SMILES string of the molecule is O=C(Nc1ccc(Oc2ccccc2F)cc1)C1CCN(Cc2ccc3nonc3c2)CC1. The number of nitrogens with one attached hydrogen (secondary N) is 1. The van der Waals surface area contributed by atoms with Crippen molar-refractivity contribution >= 4 is 22.6 Å². The molecule has 0 unspecified atom stereocenters. The van der Waals surface area contributed by atoms with E-state index >= 15 is 0 Å². The number of ether oxygens (including phenoxy) is 1. The molecule has 0 saturated carbocycles. The van der Waals surface area contributed by atoms with Crippen LogP contribution in [0.3, 0.4) is 0 Å². The minimum absolute atomic E-state index is 0.0208. The van der Waals surface area contributed by atoms with Gasteiger partial charge in [-0.25, -0.2) is 9.02 Å². The van der Waals surface area contributed by atoms with Crippen LogP contribution in [0.25, 0.3) is 11.0 Å². The number of benzene rings is 3. The maximum Gasteiger partial charge on any atom is 0.227 e. The van der Waals surface area contributed by atoms with E-state index in [1.807, 2.05) is 18.2 Å². The van der Waals surface area contributed by atoms with Crippen molar-refractivity contribution < 1.29 is 18.6 Å². The first-order valence-corrected chi connectivity index (χ1v) is 10.9. The van der Waals surface area contributed by atoms with E-state index in [2.05, 4.69) is 20.5 Å². The van der Waals surface area contributed by atoms with Crippen LogP contribution in [0.2, 0.25) is 0 Å². The highest BCUT2D eigenvalue weighted by Crippen LogP contribution is 2.26. The lowest BCUT2D eigenvalue weighted by molar-refractivity contribution is -0.121. The first-order valence-electron chi connectivity index (χ1n) is 10.9. The number of carbonyl (C=O) groups is 1. The van der Waals surface area contributed by atoms with Crippen LogP contribution in [0.5, 0.6) is 11.5 Å². The molecule has 2 heterocycles. The average Bonchev–Trinajstić information content (AvgIpc) is 3.30.